The van der Waals surface area contributed by atoms with Crippen LogP contribution in [0.3, 0.4) is 0 Å². The van der Waals surface area contributed by atoms with E-state index in [0.29, 0.717) is 17.6 Å². The molecule has 2 aromatic rings. The van der Waals surface area contributed by atoms with E-state index in [2.05, 4.69) is 10.3 Å². The van der Waals surface area contributed by atoms with Gasteiger partial charge in [0.15, 0.2) is 9.84 Å². The smallest absolute Gasteiger partial charge is 0.175 e. The summed E-state index contributed by atoms with van der Waals surface area (Å²) in [7, 11) is -3.17. The van der Waals surface area contributed by atoms with E-state index < -0.39 is 9.84 Å². The maximum atomic E-state index is 11.5. The summed E-state index contributed by atoms with van der Waals surface area (Å²) in [6.45, 7) is 2.61. The van der Waals surface area contributed by atoms with Crippen LogP contribution < -0.4 is 5.32 Å². The van der Waals surface area contributed by atoms with Crippen molar-refractivity contribution in [2.24, 2.45) is 0 Å². The Labute approximate surface area is 143 Å². The van der Waals surface area contributed by atoms with Crippen LogP contribution in [0.1, 0.15) is 18.4 Å². The van der Waals surface area contributed by atoms with E-state index in [9.17, 15) is 8.42 Å². The molecule has 0 atom stereocenters. The quantitative estimate of drug-likeness (QED) is 0.900. The van der Waals surface area contributed by atoms with Gasteiger partial charge in [0.05, 0.1) is 23.3 Å². The minimum Gasteiger partial charge on any atom is -0.373 e. The van der Waals surface area contributed by atoms with Crippen molar-refractivity contribution >= 4 is 9.84 Å². The number of aromatic nitrogens is 1. The maximum absolute atomic E-state index is 11.5. The van der Waals surface area contributed by atoms with Crippen LogP contribution >= 0.6 is 0 Å². The molecule has 1 aliphatic rings. The van der Waals surface area contributed by atoms with Crippen LogP contribution in [0.2, 0.25) is 0 Å². The second-order valence-corrected chi connectivity index (χ2v) is 8.12. The molecule has 24 heavy (non-hydrogen) atoms. The van der Waals surface area contributed by atoms with Gasteiger partial charge < -0.3 is 10.1 Å². The fourth-order valence-electron chi connectivity index (χ4n) is 2.73. The first-order valence-electron chi connectivity index (χ1n) is 8.10. The molecule has 1 aromatic heterocycles. The van der Waals surface area contributed by atoms with Crippen molar-refractivity contribution in [3.63, 3.8) is 0 Å². The van der Waals surface area contributed by atoms with E-state index in [1.807, 2.05) is 18.3 Å². The first-order chi connectivity index (χ1) is 11.5. The summed E-state index contributed by atoms with van der Waals surface area (Å²) in [4.78, 5) is 4.78. The second-order valence-electron chi connectivity index (χ2n) is 6.11. The topological polar surface area (TPSA) is 68.3 Å². The lowest BCUT2D eigenvalue weighted by Gasteiger charge is -2.22. The van der Waals surface area contributed by atoms with Crippen LogP contribution in [0.5, 0.6) is 0 Å². The molecule has 1 aromatic carbocycles. The van der Waals surface area contributed by atoms with Gasteiger partial charge in [-0.05, 0) is 49.7 Å². The highest BCUT2D eigenvalue weighted by molar-refractivity contribution is 7.90. The molecule has 0 radical (unpaired) electrons. The van der Waals surface area contributed by atoms with Crippen molar-refractivity contribution in [1.82, 2.24) is 10.3 Å². The highest BCUT2D eigenvalue weighted by Gasteiger charge is 2.13. The van der Waals surface area contributed by atoms with Crippen molar-refractivity contribution in [1.29, 1.82) is 0 Å². The normalized spacial score (nSPS) is 16.2. The summed E-state index contributed by atoms with van der Waals surface area (Å²) < 4.78 is 28.9. The van der Waals surface area contributed by atoms with E-state index in [1.54, 1.807) is 24.3 Å². The summed E-state index contributed by atoms with van der Waals surface area (Å²) in [5.41, 5.74) is 2.76. The van der Waals surface area contributed by atoms with Gasteiger partial charge in [0.2, 0.25) is 0 Å². The Hall–Kier alpha value is -1.76. The number of benzene rings is 1. The largest absolute Gasteiger partial charge is 0.373 e. The molecule has 3 rings (SSSR count). The number of rotatable bonds is 5. The van der Waals surface area contributed by atoms with Gasteiger partial charge in [0.1, 0.15) is 0 Å². The Morgan fingerprint density at radius 2 is 1.83 bits per heavy atom. The molecule has 1 fully saturated rings. The summed E-state index contributed by atoms with van der Waals surface area (Å²) in [6.07, 6.45) is 5.46. The molecule has 1 N–H and O–H groups in total. The van der Waals surface area contributed by atoms with Crippen LogP contribution in [0.25, 0.3) is 11.3 Å². The number of ether oxygens (including phenoxy) is 1. The van der Waals surface area contributed by atoms with Crippen LogP contribution in [0.4, 0.5) is 0 Å². The third-order valence-electron chi connectivity index (χ3n) is 4.17. The zero-order valence-electron chi connectivity index (χ0n) is 13.7. The van der Waals surface area contributed by atoms with Crippen LogP contribution in [-0.2, 0) is 21.2 Å². The minimum absolute atomic E-state index is 0.318. The summed E-state index contributed by atoms with van der Waals surface area (Å²) in [5.74, 6) is 0. The summed E-state index contributed by atoms with van der Waals surface area (Å²) >= 11 is 0. The number of hydrogen-bond acceptors (Lipinski definition) is 5. The van der Waals surface area contributed by atoms with Crippen LogP contribution in [-0.4, -0.2) is 38.9 Å². The summed E-state index contributed by atoms with van der Waals surface area (Å²) in [5, 5.41) is 3.32. The Kier molecular flexibility index (Phi) is 5.28. The van der Waals surface area contributed by atoms with Crippen molar-refractivity contribution in [2.75, 3.05) is 19.3 Å². The van der Waals surface area contributed by atoms with Crippen molar-refractivity contribution in [3.05, 3.63) is 48.2 Å². The molecule has 0 aliphatic carbocycles. The van der Waals surface area contributed by atoms with Gasteiger partial charge in [0, 0.05) is 18.0 Å². The van der Waals surface area contributed by atoms with E-state index in [4.69, 9.17) is 4.74 Å². The highest BCUT2D eigenvalue weighted by Crippen LogP contribution is 2.20. The standard InChI is InChI=1S/C18H22N2O3S/c1-24(21,22)17-5-3-15(4-6-17)18-7-2-14(12-20-18)13-23-16-8-10-19-11-9-16/h2-7,12,16,19H,8-11,13H2,1H3. The fraction of sp³-hybridized carbons (Fsp3) is 0.389. The molecule has 0 saturated carbocycles. The second kappa shape index (κ2) is 7.42. The van der Waals surface area contributed by atoms with E-state index in [1.165, 1.54) is 6.26 Å². The number of nitrogens with one attached hydrogen (secondary N) is 1. The third-order valence-corrected chi connectivity index (χ3v) is 5.30. The Morgan fingerprint density at radius 1 is 1.12 bits per heavy atom. The lowest BCUT2D eigenvalue weighted by atomic mass is 10.1. The number of hydrogen-bond donors (Lipinski definition) is 1. The molecule has 0 spiro atoms. The molecule has 128 valence electrons. The molecule has 0 amide bonds. The third kappa shape index (κ3) is 4.41. The van der Waals surface area contributed by atoms with Gasteiger partial charge in [-0.25, -0.2) is 8.42 Å². The number of sulfone groups is 1. The first kappa shape index (κ1) is 17.1. The zero-order valence-corrected chi connectivity index (χ0v) is 14.6. The van der Waals surface area contributed by atoms with Gasteiger partial charge in [-0.15, -0.1) is 0 Å². The molecular weight excluding hydrogens is 324 g/mol. The molecule has 0 bridgehead atoms. The van der Waals surface area contributed by atoms with E-state index in [0.717, 1.165) is 42.8 Å². The van der Waals surface area contributed by atoms with Gasteiger partial charge in [-0.3, -0.25) is 4.98 Å². The zero-order chi connectivity index (χ0) is 17.0. The molecule has 1 aliphatic heterocycles. The lowest BCUT2D eigenvalue weighted by molar-refractivity contribution is 0.0211. The van der Waals surface area contributed by atoms with Gasteiger partial charge >= 0.3 is 0 Å². The molecule has 6 heteroatoms. The first-order valence-corrected chi connectivity index (χ1v) is 9.99. The predicted octanol–water partition coefficient (Wildman–Crippen LogP) is 2.42. The monoisotopic (exact) mass is 346 g/mol. The SMILES string of the molecule is CS(=O)(=O)c1ccc(-c2ccc(COC3CCNCC3)cn2)cc1. The fourth-order valence-corrected chi connectivity index (χ4v) is 3.36. The number of nitrogens with zero attached hydrogens (tertiary/aromatic N) is 1. The number of piperidine rings is 1. The summed E-state index contributed by atoms with van der Waals surface area (Å²) in [6, 6.07) is 10.7. The van der Waals surface area contributed by atoms with Crippen LogP contribution in [0.15, 0.2) is 47.5 Å². The van der Waals surface area contributed by atoms with Crippen molar-refractivity contribution < 1.29 is 13.2 Å². The number of pyridine rings is 1. The highest BCUT2D eigenvalue weighted by atomic mass is 32.2. The van der Waals surface area contributed by atoms with Gasteiger partial charge in [-0.2, -0.15) is 0 Å². The Morgan fingerprint density at radius 3 is 2.42 bits per heavy atom. The maximum Gasteiger partial charge on any atom is 0.175 e. The Balaban J connectivity index is 1.63. The van der Waals surface area contributed by atoms with Gasteiger partial charge in [0.25, 0.3) is 0 Å². The molecule has 0 unspecified atom stereocenters. The van der Waals surface area contributed by atoms with Gasteiger partial charge in [-0.1, -0.05) is 18.2 Å². The Bertz CT molecular complexity index is 765. The lowest BCUT2D eigenvalue weighted by Crippen LogP contribution is -2.32. The molecule has 2 heterocycles. The molecule has 1 saturated heterocycles. The molecular formula is C18H22N2O3S. The average Bonchev–Trinajstić information content (AvgIpc) is 2.61. The average molecular weight is 346 g/mol. The molecule has 5 nitrogen and oxygen atoms in total. The van der Waals surface area contributed by atoms with E-state index >= 15 is 0 Å². The van der Waals surface area contributed by atoms with Crippen molar-refractivity contribution in [2.45, 2.75) is 30.4 Å². The van der Waals surface area contributed by atoms with Crippen LogP contribution in [0, 0.1) is 0 Å². The van der Waals surface area contributed by atoms with E-state index in [-0.39, 0.29) is 0 Å². The minimum atomic E-state index is -3.17. The van der Waals surface area contributed by atoms with Crippen molar-refractivity contribution in [3.8, 4) is 11.3 Å². The predicted molar refractivity (Wildman–Crippen MR) is 93.5 cm³/mol.